The molecule has 0 bridgehead atoms. The number of aliphatic imine (C=N–C) groups is 1. The average molecular weight is 171 g/mol. The first-order valence-corrected chi connectivity index (χ1v) is 3.49. The van der Waals surface area contributed by atoms with Crippen molar-refractivity contribution in [3.63, 3.8) is 0 Å². The van der Waals surface area contributed by atoms with E-state index in [9.17, 15) is 4.79 Å². The first-order chi connectivity index (χ1) is 5.49. The quantitative estimate of drug-likeness (QED) is 0.388. The minimum atomic E-state index is -0.490. The van der Waals surface area contributed by atoms with Crippen molar-refractivity contribution in [3.05, 3.63) is 11.5 Å². The van der Waals surface area contributed by atoms with Crippen LogP contribution in [0.15, 0.2) is 16.4 Å². The summed E-state index contributed by atoms with van der Waals surface area (Å²) >= 11 is 0. The normalized spacial score (nSPS) is 13.8. The molecule has 0 aromatic carbocycles. The number of carbonyl (C=O) groups is 1. The lowest BCUT2D eigenvalue weighted by Gasteiger charge is -1.98. The fraction of sp³-hybridized carbons (Fsp3) is 0.500. The van der Waals surface area contributed by atoms with E-state index in [-0.39, 0.29) is 11.5 Å². The molecule has 0 saturated heterocycles. The molecule has 0 atom stereocenters. The summed E-state index contributed by atoms with van der Waals surface area (Å²) in [6.45, 7) is 4.64. The largest absolute Gasteiger partial charge is 0.511 e. The van der Waals surface area contributed by atoms with E-state index in [1.807, 2.05) is 0 Å². The van der Waals surface area contributed by atoms with Gasteiger partial charge in [0.25, 0.3) is 0 Å². The second-order valence-electron chi connectivity index (χ2n) is 2.36. The van der Waals surface area contributed by atoms with Gasteiger partial charge in [-0.1, -0.05) is 0 Å². The van der Waals surface area contributed by atoms with Crippen LogP contribution >= 0.6 is 0 Å². The predicted molar refractivity (Wildman–Crippen MR) is 46.1 cm³/mol. The van der Waals surface area contributed by atoms with Crippen molar-refractivity contribution in [2.24, 2.45) is 4.99 Å². The van der Waals surface area contributed by atoms with E-state index in [1.54, 1.807) is 6.92 Å². The summed E-state index contributed by atoms with van der Waals surface area (Å²) in [4.78, 5) is 14.6. The third-order valence-electron chi connectivity index (χ3n) is 1.34. The Bertz CT molecular complexity index is 237. The van der Waals surface area contributed by atoms with Gasteiger partial charge in [0.15, 0.2) is 0 Å². The number of methoxy groups -OCH3 is 1. The number of aliphatic hydroxyl groups is 1. The van der Waals surface area contributed by atoms with Crippen molar-refractivity contribution in [2.75, 3.05) is 7.11 Å². The van der Waals surface area contributed by atoms with Crippen LogP contribution in [-0.2, 0) is 9.53 Å². The summed E-state index contributed by atoms with van der Waals surface area (Å²) in [5, 5.41) is 8.94. The first-order valence-electron chi connectivity index (χ1n) is 3.49. The molecule has 1 N–H and O–H groups in total. The number of esters is 1. The molecule has 0 amide bonds. The molecule has 0 aromatic heterocycles. The summed E-state index contributed by atoms with van der Waals surface area (Å²) in [7, 11) is 1.28. The van der Waals surface area contributed by atoms with E-state index < -0.39 is 5.97 Å². The molecular formula is C8H13NO3. The Kier molecular flexibility index (Phi) is 4.04. The molecule has 0 aromatic rings. The van der Waals surface area contributed by atoms with E-state index in [1.165, 1.54) is 21.0 Å². The Morgan fingerprint density at radius 1 is 1.33 bits per heavy atom. The van der Waals surface area contributed by atoms with E-state index >= 15 is 0 Å². The Balaban J connectivity index is 4.58. The molecule has 0 rings (SSSR count). The minimum Gasteiger partial charge on any atom is -0.511 e. The molecule has 0 aliphatic carbocycles. The predicted octanol–water partition coefficient (Wildman–Crippen LogP) is 1.43. The van der Waals surface area contributed by atoms with Gasteiger partial charge >= 0.3 is 5.97 Å². The highest BCUT2D eigenvalue weighted by Crippen LogP contribution is 2.01. The van der Waals surface area contributed by atoms with Gasteiger partial charge in [0.1, 0.15) is 11.5 Å². The molecular weight excluding hydrogens is 158 g/mol. The smallest absolute Gasteiger partial charge is 0.352 e. The number of ether oxygens (including phenoxy) is 1. The molecule has 0 heterocycles. The first kappa shape index (κ1) is 10.7. The molecule has 0 aliphatic heterocycles. The highest BCUT2D eigenvalue weighted by atomic mass is 16.5. The molecule has 4 heteroatoms. The van der Waals surface area contributed by atoms with Gasteiger partial charge < -0.3 is 9.84 Å². The second-order valence-corrected chi connectivity index (χ2v) is 2.36. The lowest BCUT2D eigenvalue weighted by molar-refractivity contribution is -0.132. The summed E-state index contributed by atoms with van der Waals surface area (Å²) in [5.74, 6) is -0.395. The standard InChI is InChI=1S/C8H13NO3/c1-5(7(3)10)9-6(2)8(11)12-4/h10H,1-4H3/b7-5-,9-6?. The van der Waals surface area contributed by atoms with Crippen LogP contribution < -0.4 is 0 Å². The molecule has 0 aliphatic rings. The van der Waals surface area contributed by atoms with Crippen LogP contribution in [-0.4, -0.2) is 23.9 Å². The van der Waals surface area contributed by atoms with Crippen molar-refractivity contribution in [3.8, 4) is 0 Å². The van der Waals surface area contributed by atoms with Gasteiger partial charge in [-0.05, 0) is 20.8 Å². The van der Waals surface area contributed by atoms with Crippen molar-refractivity contribution in [1.82, 2.24) is 0 Å². The minimum absolute atomic E-state index is 0.0956. The summed E-state index contributed by atoms with van der Waals surface area (Å²) < 4.78 is 4.42. The van der Waals surface area contributed by atoms with Gasteiger partial charge in [-0.2, -0.15) is 0 Å². The maximum absolute atomic E-state index is 10.8. The van der Waals surface area contributed by atoms with Gasteiger partial charge in [-0.3, -0.25) is 0 Å². The van der Waals surface area contributed by atoms with Crippen molar-refractivity contribution >= 4 is 11.7 Å². The number of allylic oxidation sites excluding steroid dienone is 2. The third kappa shape index (κ3) is 3.18. The number of hydrogen-bond donors (Lipinski definition) is 1. The van der Waals surface area contributed by atoms with Gasteiger partial charge in [-0.15, -0.1) is 0 Å². The molecule has 4 nitrogen and oxygen atoms in total. The monoisotopic (exact) mass is 171 g/mol. The lowest BCUT2D eigenvalue weighted by atomic mass is 10.4. The van der Waals surface area contributed by atoms with Crippen molar-refractivity contribution < 1.29 is 14.6 Å². The molecule has 0 spiro atoms. The zero-order chi connectivity index (χ0) is 9.72. The zero-order valence-electron chi connectivity index (χ0n) is 7.71. The van der Waals surface area contributed by atoms with Crippen LogP contribution in [0.2, 0.25) is 0 Å². The van der Waals surface area contributed by atoms with Crippen LogP contribution in [0.5, 0.6) is 0 Å². The van der Waals surface area contributed by atoms with Gasteiger partial charge in [0, 0.05) is 0 Å². The Morgan fingerprint density at radius 2 is 1.83 bits per heavy atom. The van der Waals surface area contributed by atoms with Gasteiger partial charge in [-0.25, -0.2) is 9.79 Å². The Hall–Kier alpha value is -1.32. The number of aliphatic hydroxyl groups excluding tert-OH is 1. The van der Waals surface area contributed by atoms with Crippen molar-refractivity contribution in [2.45, 2.75) is 20.8 Å². The van der Waals surface area contributed by atoms with Crippen LogP contribution in [0.3, 0.4) is 0 Å². The number of hydrogen-bond acceptors (Lipinski definition) is 4. The molecule has 0 fully saturated rings. The van der Waals surface area contributed by atoms with Crippen LogP contribution in [0.4, 0.5) is 0 Å². The topological polar surface area (TPSA) is 58.9 Å². The van der Waals surface area contributed by atoms with Gasteiger partial charge in [0.05, 0.1) is 12.8 Å². The second kappa shape index (κ2) is 4.54. The SMILES string of the molecule is COC(=O)C(C)=N/C(C)=C(/C)O. The Labute approximate surface area is 71.6 Å². The highest BCUT2D eigenvalue weighted by molar-refractivity contribution is 6.35. The van der Waals surface area contributed by atoms with E-state index in [0.29, 0.717) is 5.70 Å². The molecule has 68 valence electrons. The fourth-order valence-corrected chi connectivity index (χ4v) is 0.526. The molecule has 12 heavy (non-hydrogen) atoms. The number of rotatable bonds is 2. The van der Waals surface area contributed by atoms with Crippen LogP contribution in [0.1, 0.15) is 20.8 Å². The number of carbonyl (C=O) groups excluding carboxylic acids is 1. The summed E-state index contributed by atoms with van der Waals surface area (Å²) in [5.41, 5.74) is 0.640. The zero-order valence-corrected chi connectivity index (χ0v) is 7.71. The van der Waals surface area contributed by atoms with E-state index in [2.05, 4.69) is 9.73 Å². The molecule has 0 unspecified atom stereocenters. The molecule has 0 saturated carbocycles. The maximum atomic E-state index is 10.8. The highest BCUT2D eigenvalue weighted by Gasteiger charge is 2.04. The fourth-order valence-electron chi connectivity index (χ4n) is 0.526. The van der Waals surface area contributed by atoms with Crippen LogP contribution in [0.25, 0.3) is 0 Å². The van der Waals surface area contributed by atoms with Crippen LogP contribution in [0, 0.1) is 0 Å². The summed E-state index contributed by atoms with van der Waals surface area (Å²) in [6.07, 6.45) is 0. The van der Waals surface area contributed by atoms with E-state index in [4.69, 9.17) is 5.11 Å². The number of nitrogens with zero attached hydrogens (tertiary/aromatic N) is 1. The van der Waals surface area contributed by atoms with E-state index in [0.717, 1.165) is 0 Å². The molecule has 0 radical (unpaired) electrons. The van der Waals surface area contributed by atoms with Crippen molar-refractivity contribution in [1.29, 1.82) is 0 Å². The summed E-state index contributed by atoms with van der Waals surface area (Å²) in [6, 6.07) is 0. The third-order valence-corrected chi connectivity index (χ3v) is 1.34. The van der Waals surface area contributed by atoms with Gasteiger partial charge in [0.2, 0.25) is 0 Å². The average Bonchev–Trinajstić information content (AvgIpc) is 2.02. The lowest BCUT2D eigenvalue weighted by Crippen LogP contribution is -2.11. The Morgan fingerprint density at radius 3 is 2.17 bits per heavy atom. The maximum Gasteiger partial charge on any atom is 0.352 e.